The number of nitrogens with zero attached hydrogens (tertiary/aromatic N) is 2. The molecule has 0 N–H and O–H groups in total. The smallest absolute Gasteiger partial charge is 0.0618 e. The van der Waals surface area contributed by atoms with Gasteiger partial charge in [0.15, 0.2) is 0 Å². The van der Waals surface area contributed by atoms with E-state index in [1.165, 1.54) is 62.6 Å². The molecule has 90 heavy (non-hydrogen) atoms. The first-order valence-corrected chi connectivity index (χ1v) is 32.4. The number of hydrogen-bond donors (Lipinski definition) is 0. The van der Waals surface area contributed by atoms with E-state index in [9.17, 15) is 0 Å². The highest BCUT2D eigenvalue weighted by Crippen LogP contribution is 2.51. The van der Waals surface area contributed by atoms with E-state index in [2.05, 4.69) is 351 Å². The average Bonchev–Trinajstić information content (AvgIpc) is 0.993. The predicted molar refractivity (Wildman–Crippen MR) is 389 cm³/mol. The van der Waals surface area contributed by atoms with E-state index in [1.54, 1.807) is 0 Å². The molecule has 0 spiro atoms. The highest BCUT2D eigenvalue weighted by molar-refractivity contribution is 7.26. The van der Waals surface area contributed by atoms with Crippen LogP contribution in [0.3, 0.4) is 0 Å². The lowest BCUT2D eigenvalue weighted by Gasteiger charge is -2.32. The summed E-state index contributed by atoms with van der Waals surface area (Å²) in [5, 5.41) is 5.21. The standard InChI is InChI=1S/C86H60N2S2/c1-57-53-65(41-49-79(57)87(85-71(61-21-7-3-8-22-61)31-19-32-72(85)62-23-9-4-10-24-62)69-45-37-59(38-46-69)67-43-51-83-77(55-67)75-29-15-17-35-81(75)89-83)66-42-50-80(58(2)54-66)88(86-73(63-25-11-5-12-26-63)33-20-34-74(86)64-27-13-6-14-28-64)70-47-39-60(40-48-70)68-44-52-84-78(56-68)76-30-16-18-36-82(76)90-84/h3-56H,1-2H3. The van der Waals surface area contributed by atoms with Crippen molar-refractivity contribution in [3.8, 4) is 77.9 Å². The summed E-state index contributed by atoms with van der Waals surface area (Å²) in [6, 6.07) is 121. The molecule has 0 amide bonds. The van der Waals surface area contributed by atoms with Crippen LogP contribution in [0.25, 0.3) is 118 Å². The summed E-state index contributed by atoms with van der Waals surface area (Å²) in [5.41, 5.74) is 25.3. The predicted octanol–water partition coefficient (Wildman–Crippen LogP) is 25.6. The molecule has 426 valence electrons. The van der Waals surface area contributed by atoms with Gasteiger partial charge in [0.05, 0.1) is 11.4 Å². The summed E-state index contributed by atoms with van der Waals surface area (Å²) in [7, 11) is 0. The van der Waals surface area contributed by atoms with Gasteiger partial charge < -0.3 is 9.80 Å². The van der Waals surface area contributed by atoms with E-state index in [1.807, 2.05) is 22.7 Å². The minimum absolute atomic E-state index is 1.08. The third-order valence-corrected chi connectivity index (χ3v) is 20.0. The van der Waals surface area contributed by atoms with Crippen LogP contribution in [0.15, 0.2) is 328 Å². The van der Waals surface area contributed by atoms with Crippen molar-refractivity contribution in [3.63, 3.8) is 0 Å². The van der Waals surface area contributed by atoms with Gasteiger partial charge in [0.25, 0.3) is 0 Å². The van der Waals surface area contributed by atoms with Crippen LogP contribution in [0.5, 0.6) is 0 Å². The zero-order valence-electron chi connectivity index (χ0n) is 49.9. The minimum Gasteiger partial charge on any atom is -0.309 e. The Morgan fingerprint density at radius 1 is 0.211 bits per heavy atom. The van der Waals surface area contributed by atoms with Gasteiger partial charge in [-0.25, -0.2) is 0 Å². The van der Waals surface area contributed by atoms with E-state index in [0.29, 0.717) is 0 Å². The number of benzene rings is 14. The molecule has 0 unspecified atom stereocenters. The number of hydrogen-bond acceptors (Lipinski definition) is 4. The third kappa shape index (κ3) is 10.0. The monoisotopic (exact) mass is 1180 g/mol. The Labute approximate surface area is 533 Å². The fraction of sp³-hybridized carbons (Fsp3) is 0.0233. The van der Waals surface area contributed by atoms with Gasteiger partial charge in [-0.05, 0) is 166 Å². The van der Waals surface area contributed by atoms with Crippen molar-refractivity contribution in [1.82, 2.24) is 0 Å². The van der Waals surface area contributed by atoms with Crippen molar-refractivity contribution >= 4 is 97.1 Å². The van der Waals surface area contributed by atoms with Crippen molar-refractivity contribution in [2.24, 2.45) is 0 Å². The molecule has 0 bridgehead atoms. The van der Waals surface area contributed by atoms with Crippen LogP contribution < -0.4 is 9.80 Å². The van der Waals surface area contributed by atoms with E-state index in [-0.39, 0.29) is 0 Å². The molecule has 0 aliphatic heterocycles. The molecule has 0 saturated heterocycles. The molecule has 2 nitrogen and oxygen atoms in total. The Balaban J connectivity index is 0.825. The van der Waals surface area contributed by atoms with Gasteiger partial charge in [-0.2, -0.15) is 0 Å². The highest BCUT2D eigenvalue weighted by Gasteiger charge is 2.26. The summed E-state index contributed by atoms with van der Waals surface area (Å²) in [4.78, 5) is 5.00. The first-order valence-electron chi connectivity index (χ1n) is 30.8. The lowest BCUT2D eigenvalue weighted by Crippen LogP contribution is -2.14. The quantitative estimate of drug-likeness (QED) is 0.114. The fourth-order valence-corrected chi connectivity index (χ4v) is 15.5. The highest BCUT2D eigenvalue weighted by atomic mass is 32.1. The SMILES string of the molecule is Cc1cc(-c2ccc(N(c3ccc(-c4ccc5sc6ccccc6c5c4)cc3)c3c(-c4ccccc4)cccc3-c3ccccc3)c(C)c2)ccc1N(c1ccc(-c2ccc3sc4ccccc4c3c2)cc1)c1c(-c2ccccc2)cccc1-c1ccccc1. The maximum Gasteiger partial charge on any atom is 0.0618 e. The van der Waals surface area contributed by atoms with Gasteiger partial charge in [-0.15, -0.1) is 22.7 Å². The van der Waals surface area contributed by atoms with Gasteiger partial charge in [-0.3, -0.25) is 0 Å². The van der Waals surface area contributed by atoms with Crippen LogP contribution in [0.4, 0.5) is 34.1 Å². The Morgan fingerprint density at radius 2 is 0.500 bits per heavy atom. The summed E-state index contributed by atoms with van der Waals surface area (Å²) >= 11 is 3.72. The summed E-state index contributed by atoms with van der Waals surface area (Å²) in [6.45, 7) is 4.54. The Hall–Kier alpha value is -10.9. The summed E-state index contributed by atoms with van der Waals surface area (Å²) in [5.74, 6) is 0. The second-order valence-electron chi connectivity index (χ2n) is 23.3. The minimum atomic E-state index is 1.08. The van der Waals surface area contributed by atoms with Crippen molar-refractivity contribution < 1.29 is 0 Å². The van der Waals surface area contributed by atoms with Crippen LogP contribution in [0.2, 0.25) is 0 Å². The summed E-state index contributed by atoms with van der Waals surface area (Å²) in [6.07, 6.45) is 0. The molecular formula is C86H60N2S2. The Bertz CT molecular complexity index is 4850. The number of aryl methyl sites for hydroxylation is 2. The average molecular weight is 1190 g/mol. The first-order chi connectivity index (χ1) is 44.5. The Kier molecular flexibility index (Phi) is 14.1. The van der Waals surface area contributed by atoms with Gasteiger partial charge in [0, 0.05) is 85.3 Å². The topological polar surface area (TPSA) is 6.48 Å². The number of anilines is 6. The van der Waals surface area contributed by atoms with Crippen LogP contribution in [-0.2, 0) is 0 Å². The van der Waals surface area contributed by atoms with Crippen LogP contribution in [0.1, 0.15) is 11.1 Å². The molecule has 0 aliphatic rings. The number of rotatable bonds is 13. The molecular weight excluding hydrogens is 1130 g/mol. The maximum absolute atomic E-state index is 2.50. The maximum atomic E-state index is 2.50. The largest absolute Gasteiger partial charge is 0.309 e. The molecule has 0 radical (unpaired) electrons. The van der Waals surface area contributed by atoms with E-state index in [0.717, 1.165) is 101 Å². The van der Waals surface area contributed by atoms with Crippen molar-refractivity contribution in [2.75, 3.05) is 9.80 Å². The summed E-state index contributed by atoms with van der Waals surface area (Å²) < 4.78 is 5.25. The normalized spacial score (nSPS) is 11.4. The molecule has 16 aromatic rings. The lowest BCUT2D eigenvalue weighted by atomic mass is 9.92. The molecule has 14 aromatic carbocycles. The second kappa shape index (κ2) is 23.3. The Morgan fingerprint density at radius 3 is 0.844 bits per heavy atom. The van der Waals surface area contributed by atoms with Crippen molar-refractivity contribution in [3.05, 3.63) is 339 Å². The first kappa shape index (κ1) is 54.5. The van der Waals surface area contributed by atoms with E-state index < -0.39 is 0 Å². The molecule has 2 heterocycles. The van der Waals surface area contributed by atoms with Gasteiger partial charge in [0.2, 0.25) is 0 Å². The molecule has 0 saturated carbocycles. The fourth-order valence-electron chi connectivity index (χ4n) is 13.3. The van der Waals surface area contributed by atoms with Crippen molar-refractivity contribution in [2.45, 2.75) is 13.8 Å². The second-order valence-corrected chi connectivity index (χ2v) is 25.4. The van der Waals surface area contributed by atoms with Gasteiger partial charge >= 0.3 is 0 Å². The molecule has 16 rings (SSSR count). The molecule has 4 heteroatoms. The lowest BCUT2D eigenvalue weighted by molar-refractivity contribution is 1.24. The molecule has 0 atom stereocenters. The molecule has 2 aromatic heterocycles. The van der Waals surface area contributed by atoms with Crippen LogP contribution >= 0.6 is 22.7 Å². The number of para-hydroxylation sites is 2. The van der Waals surface area contributed by atoms with E-state index >= 15 is 0 Å². The van der Waals surface area contributed by atoms with Crippen LogP contribution in [-0.4, -0.2) is 0 Å². The molecule has 0 fully saturated rings. The number of fused-ring (bicyclic) bond motifs is 6. The van der Waals surface area contributed by atoms with Crippen LogP contribution in [0, 0.1) is 13.8 Å². The van der Waals surface area contributed by atoms with E-state index in [4.69, 9.17) is 0 Å². The van der Waals surface area contributed by atoms with Crippen molar-refractivity contribution in [1.29, 1.82) is 0 Å². The zero-order valence-corrected chi connectivity index (χ0v) is 51.5. The zero-order chi connectivity index (χ0) is 60.1. The molecule has 0 aliphatic carbocycles. The van der Waals surface area contributed by atoms with Gasteiger partial charge in [0.1, 0.15) is 0 Å². The third-order valence-electron chi connectivity index (χ3n) is 17.7. The number of thiophene rings is 2. The van der Waals surface area contributed by atoms with Gasteiger partial charge in [-0.1, -0.05) is 243 Å².